The van der Waals surface area contributed by atoms with Crippen LogP contribution in [0.1, 0.15) is 113 Å². The first kappa shape index (κ1) is 30.8. The van der Waals surface area contributed by atoms with Crippen molar-refractivity contribution in [3.63, 3.8) is 0 Å². The number of hydrogen-bond donors (Lipinski definition) is 3. The van der Waals surface area contributed by atoms with Crippen molar-refractivity contribution in [1.82, 2.24) is 0 Å². The van der Waals surface area contributed by atoms with Crippen molar-refractivity contribution in [2.24, 2.45) is 0 Å². The zero-order chi connectivity index (χ0) is 26.0. The molecule has 34 heavy (non-hydrogen) atoms. The maximum absolute atomic E-state index is 10.2. The van der Waals surface area contributed by atoms with E-state index in [9.17, 15) is 15.3 Å². The molecule has 1 unspecified atom stereocenters. The summed E-state index contributed by atoms with van der Waals surface area (Å²) in [7, 11) is 0. The Bertz CT molecular complexity index is 730. The Balaban J connectivity index is 2.31. The molecule has 0 aromatic carbocycles. The second kappa shape index (κ2) is 13.8. The van der Waals surface area contributed by atoms with Crippen LogP contribution in [0.3, 0.4) is 0 Å². The zero-order valence-corrected chi connectivity index (χ0v) is 23.2. The van der Waals surface area contributed by atoms with Gasteiger partial charge in [-0.1, -0.05) is 47.1 Å². The van der Waals surface area contributed by atoms with Gasteiger partial charge in [-0.2, -0.15) is 0 Å². The quantitative estimate of drug-likeness (QED) is 0.187. The van der Waals surface area contributed by atoms with Gasteiger partial charge in [-0.05, 0) is 113 Å². The molecule has 3 atom stereocenters. The number of aliphatic hydroxyl groups excluding tert-OH is 1. The molecule has 1 saturated heterocycles. The predicted molar refractivity (Wildman–Crippen MR) is 144 cm³/mol. The van der Waals surface area contributed by atoms with Crippen molar-refractivity contribution in [3.8, 4) is 0 Å². The topological polar surface area (TPSA) is 69.9 Å². The minimum atomic E-state index is -1.04. The minimum Gasteiger partial charge on any atom is -0.390 e. The van der Waals surface area contributed by atoms with Crippen molar-refractivity contribution in [2.45, 2.75) is 142 Å². The zero-order valence-electron chi connectivity index (χ0n) is 23.2. The van der Waals surface area contributed by atoms with E-state index in [4.69, 9.17) is 4.74 Å². The Morgan fingerprint density at radius 2 is 1.50 bits per heavy atom. The summed E-state index contributed by atoms with van der Waals surface area (Å²) < 4.78 is 6.11. The van der Waals surface area contributed by atoms with E-state index in [1.165, 1.54) is 16.7 Å². The van der Waals surface area contributed by atoms with Gasteiger partial charge in [0, 0.05) is 0 Å². The largest absolute Gasteiger partial charge is 0.390 e. The van der Waals surface area contributed by atoms with E-state index in [-0.39, 0.29) is 11.7 Å². The highest BCUT2D eigenvalue weighted by Gasteiger charge is 2.40. The summed E-state index contributed by atoms with van der Waals surface area (Å²) >= 11 is 0. The molecule has 0 aromatic heterocycles. The molecule has 4 heteroatoms. The summed E-state index contributed by atoms with van der Waals surface area (Å²) in [4.78, 5) is 0. The standard InChI is InChI=1S/C30H52O4/c1-23(15-11-16-25(3)18-19-26(31)28(4,5)32)13-9-10-14-24(2)17-12-21-30(8)22-20-27(34-30)29(6,7)33/h12-14,16,21,26-27,31-33H,9-11,15,17-20,22H2,1-8H3/b21-12+,23-13?,24-14+,25-16+/t26?,27-,30-/m0/s1. The molecule has 0 radical (unpaired) electrons. The van der Waals surface area contributed by atoms with Crippen molar-refractivity contribution < 1.29 is 20.1 Å². The average Bonchev–Trinajstić information content (AvgIpc) is 3.11. The third-order valence-electron chi connectivity index (χ3n) is 6.82. The van der Waals surface area contributed by atoms with E-state index in [0.29, 0.717) is 6.42 Å². The Morgan fingerprint density at radius 3 is 2.06 bits per heavy atom. The summed E-state index contributed by atoms with van der Waals surface area (Å²) in [5.74, 6) is 0. The van der Waals surface area contributed by atoms with Crippen molar-refractivity contribution in [1.29, 1.82) is 0 Å². The molecule has 0 saturated carbocycles. The van der Waals surface area contributed by atoms with E-state index < -0.39 is 17.3 Å². The molecule has 0 aromatic rings. The smallest absolute Gasteiger partial charge is 0.0869 e. The van der Waals surface area contributed by atoms with Gasteiger partial charge < -0.3 is 20.1 Å². The van der Waals surface area contributed by atoms with E-state index in [1.54, 1.807) is 13.8 Å². The molecule has 1 fully saturated rings. The van der Waals surface area contributed by atoms with Crippen LogP contribution in [0, 0.1) is 0 Å². The van der Waals surface area contributed by atoms with Gasteiger partial charge in [0.25, 0.3) is 0 Å². The maximum Gasteiger partial charge on any atom is 0.0869 e. The van der Waals surface area contributed by atoms with Gasteiger partial charge in [0.15, 0.2) is 0 Å². The van der Waals surface area contributed by atoms with Gasteiger partial charge in [0.05, 0.1) is 29.0 Å². The number of hydrogen-bond acceptors (Lipinski definition) is 4. The van der Waals surface area contributed by atoms with Crippen molar-refractivity contribution >= 4 is 0 Å². The molecule has 0 amide bonds. The molecule has 4 nitrogen and oxygen atoms in total. The van der Waals surface area contributed by atoms with Crippen LogP contribution in [0.4, 0.5) is 0 Å². The van der Waals surface area contributed by atoms with Crippen LogP contribution in [0.25, 0.3) is 0 Å². The number of aliphatic hydroxyl groups is 3. The number of ether oxygens (including phenoxy) is 1. The van der Waals surface area contributed by atoms with Crippen LogP contribution in [0.2, 0.25) is 0 Å². The lowest BCUT2D eigenvalue weighted by molar-refractivity contribution is -0.0999. The Labute approximate surface area is 209 Å². The van der Waals surface area contributed by atoms with Gasteiger partial charge in [0.1, 0.15) is 0 Å². The number of rotatable bonds is 14. The van der Waals surface area contributed by atoms with Gasteiger partial charge in [-0.15, -0.1) is 0 Å². The second-order valence-electron chi connectivity index (χ2n) is 11.7. The van der Waals surface area contributed by atoms with E-state index in [1.807, 2.05) is 13.8 Å². The first-order valence-corrected chi connectivity index (χ1v) is 13.1. The van der Waals surface area contributed by atoms with Crippen LogP contribution in [0.5, 0.6) is 0 Å². The number of allylic oxidation sites excluding steroid dienone is 7. The molecule has 1 aliphatic heterocycles. The van der Waals surface area contributed by atoms with Gasteiger partial charge in [-0.25, -0.2) is 0 Å². The predicted octanol–water partition coefficient (Wildman–Crippen LogP) is 6.95. The van der Waals surface area contributed by atoms with Crippen LogP contribution < -0.4 is 0 Å². The molecule has 1 aliphatic rings. The third kappa shape index (κ3) is 12.5. The lowest BCUT2D eigenvalue weighted by atomic mass is 9.95. The monoisotopic (exact) mass is 476 g/mol. The molecular formula is C30H52O4. The summed E-state index contributed by atoms with van der Waals surface area (Å²) in [6, 6.07) is 0. The summed E-state index contributed by atoms with van der Waals surface area (Å²) in [5, 5.41) is 29.9. The molecule has 196 valence electrons. The summed E-state index contributed by atoms with van der Waals surface area (Å²) in [5.41, 5.74) is 1.97. The van der Waals surface area contributed by atoms with E-state index >= 15 is 0 Å². The summed E-state index contributed by atoms with van der Waals surface area (Å²) in [6.07, 6.45) is 18.9. The molecule has 0 aliphatic carbocycles. The first-order valence-electron chi connectivity index (χ1n) is 13.1. The van der Waals surface area contributed by atoms with Crippen molar-refractivity contribution in [3.05, 3.63) is 47.1 Å². The minimum absolute atomic E-state index is 0.0974. The van der Waals surface area contributed by atoms with Crippen LogP contribution in [-0.4, -0.2) is 44.3 Å². The third-order valence-corrected chi connectivity index (χ3v) is 6.82. The molecule has 0 spiro atoms. The van der Waals surface area contributed by atoms with Gasteiger partial charge >= 0.3 is 0 Å². The maximum atomic E-state index is 10.2. The van der Waals surface area contributed by atoms with E-state index in [0.717, 1.165) is 51.4 Å². The summed E-state index contributed by atoms with van der Waals surface area (Å²) in [6.45, 7) is 15.5. The number of unbranched alkanes of at least 4 members (excludes halogenated alkanes) is 1. The van der Waals surface area contributed by atoms with Crippen LogP contribution in [0.15, 0.2) is 47.1 Å². The normalized spacial score (nSPS) is 24.3. The highest BCUT2D eigenvalue weighted by Crippen LogP contribution is 2.36. The fourth-order valence-electron chi connectivity index (χ4n) is 4.19. The average molecular weight is 477 g/mol. The first-order chi connectivity index (χ1) is 15.6. The Hall–Kier alpha value is -1.20. The molecule has 3 N–H and O–H groups in total. The SMILES string of the molecule is CC(=CCC/C=C(\C)C/C=C/[C@@]1(C)CC[C@@H](C(C)(C)O)O1)CC/C=C(\C)CCC(O)C(C)(C)O. The molecule has 0 bridgehead atoms. The lowest BCUT2D eigenvalue weighted by Gasteiger charge is -2.28. The molecule has 1 rings (SSSR count). The van der Waals surface area contributed by atoms with E-state index in [2.05, 4.69) is 58.1 Å². The van der Waals surface area contributed by atoms with Gasteiger partial charge in [0.2, 0.25) is 0 Å². The van der Waals surface area contributed by atoms with Crippen molar-refractivity contribution in [2.75, 3.05) is 0 Å². The lowest BCUT2D eigenvalue weighted by Crippen LogP contribution is -2.37. The Kier molecular flexibility index (Phi) is 12.5. The Morgan fingerprint density at radius 1 is 0.941 bits per heavy atom. The molecular weight excluding hydrogens is 424 g/mol. The fourth-order valence-corrected chi connectivity index (χ4v) is 4.19. The second-order valence-corrected chi connectivity index (χ2v) is 11.7. The van der Waals surface area contributed by atoms with Gasteiger partial charge in [-0.3, -0.25) is 0 Å². The highest BCUT2D eigenvalue weighted by molar-refractivity contribution is 5.11. The highest BCUT2D eigenvalue weighted by atomic mass is 16.5. The van der Waals surface area contributed by atoms with Crippen LogP contribution >= 0.6 is 0 Å². The van der Waals surface area contributed by atoms with Crippen LogP contribution in [-0.2, 0) is 4.74 Å². The fraction of sp³-hybridized carbons (Fsp3) is 0.733. The molecule has 1 heterocycles.